The molecule has 196 valence electrons. The number of nitrogens with zero attached hydrogens (tertiary/aromatic N) is 6. The number of amides is 6. The van der Waals surface area contributed by atoms with Crippen LogP contribution in [0.1, 0.15) is 67.2 Å². The van der Waals surface area contributed by atoms with Crippen molar-refractivity contribution in [1.82, 2.24) is 29.4 Å². The van der Waals surface area contributed by atoms with Crippen molar-refractivity contribution >= 4 is 23.9 Å². The molecular weight excluding hydrogens is 448 g/mol. The Morgan fingerprint density at radius 2 is 0.914 bits per heavy atom. The fourth-order valence-corrected chi connectivity index (χ4v) is 5.51. The summed E-state index contributed by atoms with van der Waals surface area (Å²) in [5.74, 6) is 0.773. The minimum absolute atomic E-state index is 0.101. The van der Waals surface area contributed by atoms with E-state index >= 15 is 0 Å². The van der Waals surface area contributed by atoms with Gasteiger partial charge in [-0.15, -0.1) is 0 Å². The zero-order chi connectivity index (χ0) is 25.7. The number of hydrogen-bond acceptors (Lipinski definition) is 6. The summed E-state index contributed by atoms with van der Waals surface area (Å²) in [5.41, 5.74) is -2.20. The van der Waals surface area contributed by atoms with E-state index in [9.17, 15) is 19.2 Å². The lowest BCUT2D eigenvalue weighted by molar-refractivity contribution is -0.134. The first-order chi connectivity index (χ1) is 16.3. The summed E-state index contributed by atoms with van der Waals surface area (Å²) in [4.78, 5) is 63.2. The Morgan fingerprint density at radius 1 is 0.600 bits per heavy atom. The Bertz CT molecular complexity index is 803. The van der Waals surface area contributed by atoms with Crippen LogP contribution in [0.3, 0.4) is 0 Å². The van der Waals surface area contributed by atoms with Gasteiger partial charge in [0.2, 0.25) is 0 Å². The highest BCUT2D eigenvalue weighted by molar-refractivity contribution is 6.08. The van der Waals surface area contributed by atoms with Gasteiger partial charge in [0.15, 0.2) is 0 Å². The quantitative estimate of drug-likeness (QED) is 0.532. The largest absolute Gasteiger partial charge is 0.330 e. The maximum Gasteiger partial charge on any atom is 0.330 e. The first-order valence-electron chi connectivity index (χ1n) is 13.1. The minimum atomic E-state index is -1.10. The number of imide groups is 2. The van der Waals surface area contributed by atoms with Gasteiger partial charge in [0, 0.05) is 26.2 Å². The smallest absolute Gasteiger partial charge is 0.292 e. The Morgan fingerprint density at radius 3 is 1.23 bits per heavy atom. The number of rotatable bonds is 6. The third kappa shape index (κ3) is 4.67. The fraction of sp³-hybridized carbons (Fsp3) is 0.840. The molecule has 0 N–H and O–H groups in total. The molecule has 0 aromatic carbocycles. The van der Waals surface area contributed by atoms with Crippen molar-refractivity contribution in [3.8, 4) is 0 Å². The fourth-order valence-electron chi connectivity index (χ4n) is 5.51. The van der Waals surface area contributed by atoms with Gasteiger partial charge in [-0.05, 0) is 65.2 Å². The molecule has 0 bridgehead atoms. The van der Waals surface area contributed by atoms with E-state index in [0.29, 0.717) is 11.8 Å². The number of carbonyl (C=O) groups excluding carboxylic acids is 4. The molecule has 4 aliphatic rings. The van der Waals surface area contributed by atoms with Crippen molar-refractivity contribution in [3.05, 3.63) is 0 Å². The normalized spacial score (nSPS) is 27.1. The lowest BCUT2D eigenvalue weighted by Crippen LogP contribution is -2.55. The average Bonchev–Trinajstić information content (AvgIpc) is 3.06. The highest BCUT2D eigenvalue weighted by Crippen LogP contribution is 2.34. The predicted octanol–water partition coefficient (Wildman–Crippen LogP) is 2.41. The summed E-state index contributed by atoms with van der Waals surface area (Å²) in [7, 11) is 0. The predicted molar refractivity (Wildman–Crippen MR) is 131 cm³/mol. The molecule has 4 heterocycles. The number of urea groups is 2. The monoisotopic (exact) mass is 490 g/mol. The molecule has 0 radical (unpaired) electrons. The lowest BCUT2D eigenvalue weighted by Gasteiger charge is -2.36. The van der Waals surface area contributed by atoms with Gasteiger partial charge in [-0.25, -0.2) is 19.4 Å². The molecule has 6 amide bonds. The van der Waals surface area contributed by atoms with Crippen molar-refractivity contribution < 1.29 is 19.2 Å². The van der Waals surface area contributed by atoms with E-state index in [4.69, 9.17) is 0 Å². The Balaban J connectivity index is 1.47. The molecule has 0 saturated carbocycles. The van der Waals surface area contributed by atoms with Gasteiger partial charge in [-0.3, -0.25) is 29.2 Å². The highest BCUT2D eigenvalue weighted by atomic mass is 16.2. The Hall–Kier alpha value is -2.20. The van der Waals surface area contributed by atoms with E-state index in [2.05, 4.69) is 23.6 Å². The second kappa shape index (κ2) is 9.35. The van der Waals surface area contributed by atoms with Crippen LogP contribution in [0, 0.1) is 11.8 Å². The van der Waals surface area contributed by atoms with Crippen LogP contribution >= 0.6 is 0 Å². The lowest BCUT2D eigenvalue weighted by atomic mass is 9.99. The van der Waals surface area contributed by atoms with Gasteiger partial charge in [0.25, 0.3) is 11.8 Å². The van der Waals surface area contributed by atoms with E-state index in [1.54, 1.807) is 27.7 Å². The van der Waals surface area contributed by atoms with E-state index in [1.165, 1.54) is 19.6 Å². The summed E-state index contributed by atoms with van der Waals surface area (Å²) in [6.45, 7) is 15.2. The Kier molecular flexibility index (Phi) is 6.91. The summed E-state index contributed by atoms with van der Waals surface area (Å²) in [6.07, 6.45) is 4.20. The van der Waals surface area contributed by atoms with E-state index in [-0.39, 0.29) is 31.8 Å². The van der Waals surface area contributed by atoms with Crippen LogP contribution in [-0.2, 0) is 9.59 Å². The molecule has 0 aliphatic carbocycles. The van der Waals surface area contributed by atoms with Gasteiger partial charge in [0.05, 0.1) is 13.3 Å². The summed E-state index contributed by atoms with van der Waals surface area (Å²) in [5, 5.41) is 0. The van der Waals surface area contributed by atoms with E-state index < -0.39 is 23.1 Å². The third-order valence-corrected chi connectivity index (χ3v) is 8.53. The molecule has 0 atom stereocenters. The zero-order valence-corrected chi connectivity index (χ0v) is 22.2. The Labute approximate surface area is 209 Å². The number of likely N-dealkylation sites (tertiary alicyclic amines) is 2. The molecule has 0 unspecified atom stereocenters. The van der Waals surface area contributed by atoms with Gasteiger partial charge < -0.3 is 0 Å². The van der Waals surface area contributed by atoms with Crippen molar-refractivity contribution in [1.29, 1.82) is 0 Å². The van der Waals surface area contributed by atoms with Crippen LogP contribution < -0.4 is 0 Å². The van der Waals surface area contributed by atoms with Crippen LogP contribution in [0.4, 0.5) is 9.59 Å². The molecule has 0 aromatic heterocycles. The highest BCUT2D eigenvalue weighted by Gasteiger charge is 2.57. The molecule has 4 fully saturated rings. The maximum atomic E-state index is 13.4. The standard InChI is InChI=1S/C25H42N6O4/c1-18-7-11-26(12-8-18)15-28-20(32)24(3,4)30(22(28)34)17-31-23(35)29(21(33)25(31,5)6)16-27-13-9-19(2)10-14-27/h18-19H,7-17H2,1-6H3. The van der Waals surface area contributed by atoms with Gasteiger partial charge in [0.1, 0.15) is 17.7 Å². The van der Waals surface area contributed by atoms with Crippen LogP contribution in [0.15, 0.2) is 0 Å². The number of carbonyl (C=O) groups is 4. The average molecular weight is 491 g/mol. The van der Waals surface area contributed by atoms with Crippen LogP contribution in [0.5, 0.6) is 0 Å². The third-order valence-electron chi connectivity index (χ3n) is 8.53. The summed E-state index contributed by atoms with van der Waals surface area (Å²) >= 11 is 0. The second-order valence-electron chi connectivity index (χ2n) is 12.0. The second-order valence-corrected chi connectivity index (χ2v) is 12.0. The molecular formula is C25H42N6O4. The van der Waals surface area contributed by atoms with E-state index in [1.807, 2.05) is 0 Å². The summed E-state index contributed by atoms with van der Waals surface area (Å²) < 4.78 is 0. The van der Waals surface area contributed by atoms with E-state index in [0.717, 1.165) is 51.9 Å². The van der Waals surface area contributed by atoms with Crippen molar-refractivity contribution in [2.24, 2.45) is 11.8 Å². The van der Waals surface area contributed by atoms with Crippen molar-refractivity contribution in [3.63, 3.8) is 0 Å². The molecule has 4 saturated heterocycles. The number of hydrogen-bond donors (Lipinski definition) is 0. The van der Waals surface area contributed by atoms with Crippen LogP contribution in [0.25, 0.3) is 0 Å². The first-order valence-corrected chi connectivity index (χ1v) is 13.1. The van der Waals surface area contributed by atoms with Crippen LogP contribution in [0.2, 0.25) is 0 Å². The van der Waals surface area contributed by atoms with Crippen molar-refractivity contribution in [2.45, 2.75) is 78.3 Å². The first kappa shape index (κ1) is 25.9. The molecule has 10 heteroatoms. The minimum Gasteiger partial charge on any atom is -0.292 e. The SMILES string of the molecule is CC1CCN(CN2C(=O)N(CN3C(=O)N(CN4CCC(C)CC4)C(=O)C3(C)C)C(C)(C)C2=O)CC1. The molecule has 10 nitrogen and oxygen atoms in total. The van der Waals surface area contributed by atoms with Gasteiger partial charge >= 0.3 is 12.1 Å². The van der Waals surface area contributed by atoms with Crippen LogP contribution in [-0.4, -0.2) is 111 Å². The maximum absolute atomic E-state index is 13.4. The van der Waals surface area contributed by atoms with Gasteiger partial charge in [-0.1, -0.05) is 13.8 Å². The summed E-state index contributed by atoms with van der Waals surface area (Å²) in [6, 6.07) is -0.809. The zero-order valence-electron chi connectivity index (χ0n) is 22.2. The molecule has 4 aliphatic heterocycles. The van der Waals surface area contributed by atoms with Crippen molar-refractivity contribution in [2.75, 3.05) is 46.2 Å². The topological polar surface area (TPSA) is 87.7 Å². The molecule has 0 spiro atoms. The molecule has 35 heavy (non-hydrogen) atoms. The molecule has 0 aromatic rings. The molecule has 4 rings (SSSR count). The van der Waals surface area contributed by atoms with Gasteiger partial charge in [-0.2, -0.15) is 0 Å². The number of piperidine rings is 2.